The molecule has 1 aliphatic carbocycles. The van der Waals surface area contributed by atoms with Crippen LogP contribution in [0.4, 0.5) is 19.1 Å². The number of nitrogens with zero attached hydrogens (tertiary/aromatic N) is 4. The third-order valence-electron chi connectivity index (χ3n) is 6.46. The molecule has 10 heteroatoms. The Kier molecular flexibility index (Phi) is 5.27. The Hall–Kier alpha value is -3.14. The van der Waals surface area contributed by atoms with Gasteiger partial charge in [0.05, 0.1) is 17.7 Å². The van der Waals surface area contributed by atoms with Gasteiger partial charge in [0.1, 0.15) is 17.0 Å². The average Bonchev–Trinajstić information content (AvgIpc) is 3.31. The molecule has 3 N–H and O–H groups in total. The highest BCUT2D eigenvalue weighted by molar-refractivity contribution is 5.96. The Balaban J connectivity index is 1.47. The van der Waals surface area contributed by atoms with Gasteiger partial charge in [-0.3, -0.25) is 0 Å². The number of fused-ring (bicyclic) bond motifs is 2. The molecule has 174 valence electrons. The molecule has 0 saturated heterocycles. The van der Waals surface area contributed by atoms with Crippen LogP contribution < -0.4 is 5.32 Å². The molecule has 7 nitrogen and oxygen atoms in total. The first-order chi connectivity index (χ1) is 15.7. The third kappa shape index (κ3) is 4.15. The van der Waals surface area contributed by atoms with Crippen molar-refractivity contribution < 1.29 is 18.3 Å². The minimum Gasteiger partial charge on any atom is -0.390 e. The van der Waals surface area contributed by atoms with Gasteiger partial charge in [-0.05, 0) is 57.2 Å². The summed E-state index contributed by atoms with van der Waals surface area (Å²) in [6, 6.07) is 3.21. The predicted molar refractivity (Wildman–Crippen MR) is 120 cm³/mol. The standard InChI is InChI=1S/C23H25F3N6O/c1-12-29-20-17(24)7-13(8-18(20)32(12)11-19(25)26)15-9-27-21-16(15)10-28-22(31-21)30-14-3-5-23(2,33)6-4-14/h7-10,14,19,33H,3-6,11H2,1-2H3,(H2,27,28,30,31)/t14-,23+. The SMILES string of the molecule is Cc1nc2c(F)cc(-c3c[nH]c4nc(N[C@H]5CC[C@@](C)(O)CC5)ncc34)cc2n1CC(F)F. The van der Waals surface area contributed by atoms with E-state index in [-0.39, 0.29) is 11.6 Å². The summed E-state index contributed by atoms with van der Waals surface area (Å²) in [5.41, 5.74) is 1.57. The smallest absolute Gasteiger partial charge is 0.256 e. The molecule has 33 heavy (non-hydrogen) atoms. The molecule has 5 rings (SSSR count). The fraction of sp³-hybridized carbons (Fsp3) is 0.435. The number of imidazole rings is 1. The first-order valence-electron chi connectivity index (χ1n) is 11.0. The van der Waals surface area contributed by atoms with Crippen molar-refractivity contribution in [1.82, 2.24) is 24.5 Å². The summed E-state index contributed by atoms with van der Waals surface area (Å²) < 4.78 is 42.3. The van der Waals surface area contributed by atoms with E-state index in [1.54, 1.807) is 25.4 Å². The molecule has 3 aromatic heterocycles. The Labute approximate surface area is 188 Å². The summed E-state index contributed by atoms with van der Waals surface area (Å²) in [4.78, 5) is 16.2. The molecular weight excluding hydrogens is 433 g/mol. The van der Waals surface area contributed by atoms with Crippen molar-refractivity contribution >= 4 is 28.0 Å². The van der Waals surface area contributed by atoms with E-state index in [2.05, 4.69) is 25.3 Å². The largest absolute Gasteiger partial charge is 0.390 e. The van der Waals surface area contributed by atoms with Gasteiger partial charge in [-0.15, -0.1) is 0 Å². The lowest BCUT2D eigenvalue weighted by Crippen LogP contribution is -2.36. The van der Waals surface area contributed by atoms with Crippen molar-refractivity contribution in [2.24, 2.45) is 0 Å². The van der Waals surface area contributed by atoms with Crippen LogP contribution in [-0.2, 0) is 6.54 Å². The maximum Gasteiger partial charge on any atom is 0.256 e. The van der Waals surface area contributed by atoms with Crippen LogP contribution in [0, 0.1) is 12.7 Å². The average molecular weight is 458 g/mol. The molecule has 0 unspecified atom stereocenters. The van der Waals surface area contributed by atoms with Gasteiger partial charge >= 0.3 is 0 Å². The lowest BCUT2D eigenvalue weighted by atomic mass is 9.84. The Morgan fingerprint density at radius 2 is 2.03 bits per heavy atom. The maximum atomic E-state index is 14.8. The van der Waals surface area contributed by atoms with Crippen molar-refractivity contribution in [2.75, 3.05) is 5.32 Å². The summed E-state index contributed by atoms with van der Waals surface area (Å²) in [6.45, 7) is 2.89. The Morgan fingerprint density at radius 1 is 1.27 bits per heavy atom. The first kappa shape index (κ1) is 21.7. The lowest BCUT2D eigenvalue weighted by molar-refractivity contribution is 0.0195. The van der Waals surface area contributed by atoms with Gasteiger partial charge in [0.15, 0.2) is 5.82 Å². The normalized spacial score (nSPS) is 21.4. The number of alkyl halides is 2. The van der Waals surface area contributed by atoms with Crippen LogP contribution in [-0.4, -0.2) is 47.7 Å². The van der Waals surface area contributed by atoms with Crippen molar-refractivity contribution in [3.05, 3.63) is 36.2 Å². The number of hydrogen-bond acceptors (Lipinski definition) is 5. The highest BCUT2D eigenvalue weighted by atomic mass is 19.3. The molecule has 1 fully saturated rings. The Morgan fingerprint density at radius 3 is 2.76 bits per heavy atom. The molecule has 3 heterocycles. The fourth-order valence-corrected chi connectivity index (χ4v) is 4.60. The van der Waals surface area contributed by atoms with E-state index >= 15 is 0 Å². The number of nitrogens with one attached hydrogen (secondary N) is 2. The summed E-state index contributed by atoms with van der Waals surface area (Å²) >= 11 is 0. The molecule has 1 aromatic carbocycles. The molecule has 1 saturated carbocycles. The number of rotatable bonds is 5. The van der Waals surface area contributed by atoms with Crippen molar-refractivity contribution in [2.45, 2.75) is 64.1 Å². The second kappa shape index (κ2) is 8.02. The summed E-state index contributed by atoms with van der Waals surface area (Å²) in [6.07, 6.45) is 3.90. The minimum absolute atomic E-state index is 0.0749. The summed E-state index contributed by atoms with van der Waals surface area (Å²) in [5.74, 6) is 0.249. The van der Waals surface area contributed by atoms with Gasteiger partial charge in [0.25, 0.3) is 6.43 Å². The van der Waals surface area contributed by atoms with Crippen LogP contribution >= 0.6 is 0 Å². The number of aliphatic hydroxyl groups is 1. The van der Waals surface area contributed by atoms with Gasteiger partial charge in [0, 0.05) is 29.4 Å². The third-order valence-corrected chi connectivity index (χ3v) is 6.46. The first-order valence-corrected chi connectivity index (χ1v) is 11.0. The minimum atomic E-state index is -2.57. The molecular formula is C23H25F3N6O. The quantitative estimate of drug-likeness (QED) is 0.400. The van der Waals surface area contributed by atoms with E-state index in [4.69, 9.17) is 0 Å². The number of benzene rings is 1. The van der Waals surface area contributed by atoms with Gasteiger partial charge in [-0.25, -0.2) is 23.1 Å². The van der Waals surface area contributed by atoms with Crippen LogP contribution in [0.1, 0.15) is 38.4 Å². The number of aromatic amines is 1. The molecule has 0 bridgehead atoms. The number of H-pyrrole nitrogens is 1. The second-order valence-electron chi connectivity index (χ2n) is 9.06. The van der Waals surface area contributed by atoms with Gasteiger partial charge in [-0.2, -0.15) is 4.98 Å². The molecule has 1 aliphatic rings. The van der Waals surface area contributed by atoms with Crippen LogP contribution in [0.15, 0.2) is 24.5 Å². The molecule has 0 amide bonds. The Bertz CT molecular complexity index is 1320. The van der Waals surface area contributed by atoms with Crippen LogP contribution in [0.3, 0.4) is 0 Å². The number of anilines is 1. The van der Waals surface area contributed by atoms with E-state index in [0.29, 0.717) is 39.4 Å². The van der Waals surface area contributed by atoms with Crippen LogP contribution in [0.25, 0.3) is 33.2 Å². The summed E-state index contributed by atoms with van der Waals surface area (Å²) in [5, 5.41) is 14.1. The van der Waals surface area contributed by atoms with E-state index in [0.717, 1.165) is 25.7 Å². The van der Waals surface area contributed by atoms with E-state index in [1.165, 1.54) is 10.6 Å². The molecule has 4 aromatic rings. The zero-order valence-corrected chi connectivity index (χ0v) is 18.4. The van der Waals surface area contributed by atoms with Gasteiger partial charge in [0.2, 0.25) is 5.95 Å². The van der Waals surface area contributed by atoms with E-state index in [9.17, 15) is 18.3 Å². The van der Waals surface area contributed by atoms with Crippen molar-refractivity contribution in [3.8, 4) is 11.1 Å². The zero-order chi connectivity index (χ0) is 23.3. The highest BCUT2D eigenvalue weighted by Crippen LogP contribution is 2.33. The van der Waals surface area contributed by atoms with Gasteiger partial charge < -0.3 is 20.0 Å². The van der Waals surface area contributed by atoms with E-state index < -0.39 is 24.4 Å². The monoisotopic (exact) mass is 458 g/mol. The number of aryl methyl sites for hydroxylation is 1. The number of halogens is 3. The maximum absolute atomic E-state index is 14.8. The predicted octanol–water partition coefficient (Wildman–Crippen LogP) is 4.79. The molecule has 0 radical (unpaired) electrons. The van der Waals surface area contributed by atoms with Crippen molar-refractivity contribution in [3.63, 3.8) is 0 Å². The molecule has 0 spiro atoms. The van der Waals surface area contributed by atoms with Crippen molar-refractivity contribution in [1.29, 1.82) is 0 Å². The fourth-order valence-electron chi connectivity index (χ4n) is 4.60. The number of hydrogen-bond donors (Lipinski definition) is 3. The molecule has 0 aliphatic heterocycles. The van der Waals surface area contributed by atoms with Gasteiger partial charge in [-0.1, -0.05) is 0 Å². The zero-order valence-electron chi connectivity index (χ0n) is 18.4. The molecule has 0 atom stereocenters. The summed E-state index contributed by atoms with van der Waals surface area (Å²) in [7, 11) is 0. The highest BCUT2D eigenvalue weighted by Gasteiger charge is 2.29. The van der Waals surface area contributed by atoms with Crippen LogP contribution in [0.2, 0.25) is 0 Å². The topological polar surface area (TPSA) is 91.7 Å². The lowest BCUT2D eigenvalue weighted by Gasteiger charge is -2.33. The second-order valence-corrected chi connectivity index (χ2v) is 9.06. The number of aromatic nitrogens is 5. The van der Waals surface area contributed by atoms with E-state index in [1.807, 2.05) is 6.92 Å². The van der Waals surface area contributed by atoms with Crippen LogP contribution in [0.5, 0.6) is 0 Å².